The largest absolute Gasteiger partial charge is 0.338 e. The van der Waals surface area contributed by atoms with E-state index in [1.54, 1.807) is 0 Å². The van der Waals surface area contributed by atoms with E-state index in [0.29, 0.717) is 5.41 Å². The molecule has 2 heterocycles. The predicted molar refractivity (Wildman–Crippen MR) is 51.3 cm³/mol. The van der Waals surface area contributed by atoms with Crippen LogP contribution in [-0.2, 0) is 4.79 Å². The molecule has 1 amide bonds. The minimum atomic E-state index is 0.0798. The summed E-state index contributed by atoms with van der Waals surface area (Å²) in [6.45, 7) is 7.55. The summed E-state index contributed by atoms with van der Waals surface area (Å²) < 4.78 is 0. The van der Waals surface area contributed by atoms with E-state index in [-0.39, 0.29) is 5.91 Å². The summed E-state index contributed by atoms with van der Waals surface area (Å²) in [6, 6.07) is 0. The summed E-state index contributed by atoms with van der Waals surface area (Å²) in [5.74, 6) is 0.0798. The Hall–Kier alpha value is -0.830. The quantitative estimate of drug-likeness (QED) is 0.592. The first-order valence-corrected chi connectivity index (χ1v) is 4.88. The van der Waals surface area contributed by atoms with Gasteiger partial charge in [-0.2, -0.15) is 0 Å². The van der Waals surface area contributed by atoms with Crippen LogP contribution in [0.2, 0.25) is 0 Å². The Morgan fingerprint density at radius 1 is 1.54 bits per heavy atom. The van der Waals surface area contributed by atoms with Crippen LogP contribution < -0.4 is 5.32 Å². The van der Waals surface area contributed by atoms with Gasteiger partial charge in [-0.05, 0) is 25.5 Å². The molecule has 2 fully saturated rings. The normalized spacial score (nSPS) is 25.4. The van der Waals surface area contributed by atoms with Crippen molar-refractivity contribution in [1.29, 1.82) is 0 Å². The van der Waals surface area contributed by atoms with Crippen molar-refractivity contribution in [2.24, 2.45) is 5.41 Å². The SMILES string of the molecule is C=CC(=O)N1CC2(CCCNC2)C1. The molecule has 3 heteroatoms. The highest BCUT2D eigenvalue weighted by Crippen LogP contribution is 2.36. The number of hydrogen-bond donors (Lipinski definition) is 1. The first kappa shape index (κ1) is 8.75. The summed E-state index contributed by atoms with van der Waals surface area (Å²) >= 11 is 0. The number of amides is 1. The van der Waals surface area contributed by atoms with E-state index in [4.69, 9.17) is 0 Å². The molecule has 13 heavy (non-hydrogen) atoms. The summed E-state index contributed by atoms with van der Waals surface area (Å²) in [6.07, 6.45) is 3.92. The van der Waals surface area contributed by atoms with Crippen LogP contribution in [0.25, 0.3) is 0 Å². The van der Waals surface area contributed by atoms with E-state index in [1.165, 1.54) is 18.9 Å². The smallest absolute Gasteiger partial charge is 0.245 e. The maximum absolute atomic E-state index is 11.2. The third-order valence-electron chi connectivity index (χ3n) is 3.10. The van der Waals surface area contributed by atoms with Crippen molar-refractivity contribution in [1.82, 2.24) is 10.2 Å². The van der Waals surface area contributed by atoms with E-state index in [9.17, 15) is 4.79 Å². The Morgan fingerprint density at radius 2 is 2.31 bits per heavy atom. The fourth-order valence-corrected chi connectivity index (χ4v) is 2.35. The van der Waals surface area contributed by atoms with Crippen molar-refractivity contribution in [2.75, 3.05) is 26.2 Å². The molecule has 72 valence electrons. The lowest BCUT2D eigenvalue weighted by Crippen LogP contribution is -2.63. The Kier molecular flexibility index (Phi) is 2.12. The lowest BCUT2D eigenvalue weighted by Gasteiger charge is -2.52. The molecule has 0 unspecified atom stereocenters. The molecule has 2 aliphatic rings. The van der Waals surface area contributed by atoms with E-state index >= 15 is 0 Å². The molecule has 0 aliphatic carbocycles. The van der Waals surface area contributed by atoms with Crippen LogP contribution in [0.3, 0.4) is 0 Å². The lowest BCUT2D eigenvalue weighted by molar-refractivity contribution is -0.138. The zero-order chi connectivity index (χ0) is 9.31. The molecule has 3 nitrogen and oxygen atoms in total. The zero-order valence-electron chi connectivity index (χ0n) is 7.88. The van der Waals surface area contributed by atoms with Crippen molar-refractivity contribution < 1.29 is 4.79 Å². The van der Waals surface area contributed by atoms with Crippen LogP contribution in [0, 0.1) is 5.41 Å². The second kappa shape index (κ2) is 3.14. The first-order valence-electron chi connectivity index (χ1n) is 4.88. The average molecular weight is 180 g/mol. The van der Waals surface area contributed by atoms with E-state index in [2.05, 4.69) is 11.9 Å². The molecular weight excluding hydrogens is 164 g/mol. The molecule has 1 spiro atoms. The lowest BCUT2D eigenvalue weighted by atomic mass is 9.74. The van der Waals surface area contributed by atoms with Gasteiger partial charge in [-0.15, -0.1) is 0 Å². The topological polar surface area (TPSA) is 32.3 Å². The maximum atomic E-state index is 11.2. The highest BCUT2D eigenvalue weighted by molar-refractivity contribution is 5.87. The third kappa shape index (κ3) is 1.48. The number of carbonyl (C=O) groups is 1. The number of carbonyl (C=O) groups excluding carboxylic acids is 1. The van der Waals surface area contributed by atoms with Gasteiger partial charge in [-0.3, -0.25) is 4.79 Å². The monoisotopic (exact) mass is 180 g/mol. The van der Waals surface area contributed by atoms with Crippen molar-refractivity contribution in [2.45, 2.75) is 12.8 Å². The molecule has 0 radical (unpaired) electrons. The predicted octanol–water partition coefficient (Wildman–Crippen LogP) is 0.384. The second-order valence-corrected chi connectivity index (χ2v) is 4.18. The molecule has 0 saturated carbocycles. The highest BCUT2D eigenvalue weighted by Gasteiger charge is 2.44. The fourth-order valence-electron chi connectivity index (χ4n) is 2.35. The van der Waals surface area contributed by atoms with Gasteiger partial charge in [-0.25, -0.2) is 0 Å². The number of rotatable bonds is 1. The molecule has 2 aliphatic heterocycles. The van der Waals surface area contributed by atoms with Crippen molar-refractivity contribution in [3.8, 4) is 0 Å². The van der Waals surface area contributed by atoms with Gasteiger partial charge in [0.1, 0.15) is 0 Å². The van der Waals surface area contributed by atoms with Gasteiger partial charge in [-0.1, -0.05) is 6.58 Å². The van der Waals surface area contributed by atoms with E-state index < -0.39 is 0 Å². The van der Waals surface area contributed by atoms with Crippen LogP contribution in [0.4, 0.5) is 0 Å². The molecule has 0 atom stereocenters. The Balaban J connectivity index is 1.88. The summed E-state index contributed by atoms with van der Waals surface area (Å²) in [7, 11) is 0. The number of nitrogens with one attached hydrogen (secondary N) is 1. The number of hydrogen-bond acceptors (Lipinski definition) is 2. The van der Waals surface area contributed by atoms with Crippen LogP contribution >= 0.6 is 0 Å². The molecule has 2 rings (SSSR count). The van der Waals surface area contributed by atoms with E-state index in [0.717, 1.165) is 26.2 Å². The Labute approximate surface area is 78.8 Å². The summed E-state index contributed by atoms with van der Waals surface area (Å²) in [5, 5.41) is 3.39. The Morgan fingerprint density at radius 3 is 2.85 bits per heavy atom. The van der Waals surface area contributed by atoms with Crippen molar-refractivity contribution in [3.63, 3.8) is 0 Å². The average Bonchev–Trinajstić information content (AvgIpc) is 2.14. The van der Waals surface area contributed by atoms with Crippen LogP contribution in [0.15, 0.2) is 12.7 Å². The van der Waals surface area contributed by atoms with Crippen LogP contribution in [-0.4, -0.2) is 37.0 Å². The molecule has 0 bridgehead atoms. The Bertz CT molecular complexity index is 223. The van der Waals surface area contributed by atoms with Crippen LogP contribution in [0.5, 0.6) is 0 Å². The zero-order valence-corrected chi connectivity index (χ0v) is 7.88. The summed E-state index contributed by atoms with van der Waals surface area (Å²) in [4.78, 5) is 13.1. The molecule has 0 aromatic heterocycles. The molecular formula is C10H16N2O. The molecule has 0 aromatic rings. The number of piperidine rings is 1. The van der Waals surface area contributed by atoms with Gasteiger partial charge in [0.05, 0.1) is 0 Å². The summed E-state index contributed by atoms with van der Waals surface area (Å²) in [5.41, 5.74) is 0.400. The van der Waals surface area contributed by atoms with Gasteiger partial charge in [0, 0.05) is 25.0 Å². The first-order chi connectivity index (χ1) is 6.26. The standard InChI is InChI=1S/C10H16N2O/c1-2-9(13)12-7-10(8-12)4-3-5-11-6-10/h2,11H,1,3-8H2. The number of likely N-dealkylation sites (tertiary alicyclic amines) is 1. The van der Waals surface area contributed by atoms with Crippen molar-refractivity contribution in [3.05, 3.63) is 12.7 Å². The maximum Gasteiger partial charge on any atom is 0.245 e. The van der Waals surface area contributed by atoms with Gasteiger partial charge >= 0.3 is 0 Å². The van der Waals surface area contributed by atoms with Crippen molar-refractivity contribution >= 4 is 5.91 Å². The van der Waals surface area contributed by atoms with Gasteiger partial charge in [0.15, 0.2) is 0 Å². The highest BCUT2D eigenvalue weighted by atomic mass is 16.2. The second-order valence-electron chi connectivity index (χ2n) is 4.18. The van der Waals surface area contributed by atoms with Gasteiger partial charge in [0.25, 0.3) is 0 Å². The van der Waals surface area contributed by atoms with Crippen LogP contribution in [0.1, 0.15) is 12.8 Å². The number of nitrogens with zero attached hydrogens (tertiary/aromatic N) is 1. The van der Waals surface area contributed by atoms with E-state index in [1.807, 2.05) is 4.90 Å². The molecule has 2 saturated heterocycles. The third-order valence-corrected chi connectivity index (χ3v) is 3.10. The molecule has 1 N–H and O–H groups in total. The minimum absolute atomic E-state index is 0.0798. The molecule has 0 aromatic carbocycles. The minimum Gasteiger partial charge on any atom is -0.338 e. The fraction of sp³-hybridized carbons (Fsp3) is 0.700. The van der Waals surface area contributed by atoms with Gasteiger partial charge < -0.3 is 10.2 Å². The van der Waals surface area contributed by atoms with Gasteiger partial charge in [0.2, 0.25) is 5.91 Å².